The number of carbonyl (C=O) groups excluding carboxylic acids is 1. The van der Waals surface area contributed by atoms with E-state index >= 15 is 0 Å². The number of aliphatic imine (C=N–C) groups is 1. The maximum absolute atomic E-state index is 14.7. The van der Waals surface area contributed by atoms with Crippen LogP contribution in [-0.4, -0.2) is 49.9 Å². The molecule has 1 fully saturated rings. The largest absolute Gasteiger partial charge is 0.433 e. The van der Waals surface area contributed by atoms with E-state index in [9.17, 15) is 26.7 Å². The summed E-state index contributed by atoms with van der Waals surface area (Å²) < 4.78 is 69.2. The molecule has 3 aromatic rings. The van der Waals surface area contributed by atoms with Gasteiger partial charge in [-0.3, -0.25) is 19.6 Å². The van der Waals surface area contributed by atoms with Crippen LogP contribution in [0, 0.1) is 11.6 Å². The lowest BCUT2D eigenvalue weighted by Gasteiger charge is -2.37. The SMILES string of the molecule is CCN1C(=O)c2nc(-c3ccc(C(F)(F)F)nc3)n(Cc3ccc(F)cc3F)c2N2CC3(CCC3)N=C12. The number of carbonyl (C=O) groups is 1. The van der Waals surface area contributed by atoms with Crippen LogP contribution in [0.25, 0.3) is 11.4 Å². The number of hydrogen-bond acceptors (Lipinski definition) is 5. The van der Waals surface area contributed by atoms with Gasteiger partial charge in [-0.2, -0.15) is 13.2 Å². The van der Waals surface area contributed by atoms with Crippen LogP contribution in [0.4, 0.5) is 27.8 Å². The first-order chi connectivity index (χ1) is 17.6. The molecule has 4 heterocycles. The summed E-state index contributed by atoms with van der Waals surface area (Å²) >= 11 is 0. The highest BCUT2D eigenvalue weighted by Gasteiger charge is 2.51. The normalized spacial score (nSPS) is 18.1. The number of aromatic nitrogens is 3. The molecule has 1 saturated carbocycles. The van der Waals surface area contributed by atoms with Crippen LogP contribution in [0.15, 0.2) is 41.5 Å². The number of fused-ring (bicyclic) bond motifs is 3. The van der Waals surface area contributed by atoms with Crippen LogP contribution in [-0.2, 0) is 12.7 Å². The van der Waals surface area contributed by atoms with E-state index in [4.69, 9.17) is 4.99 Å². The van der Waals surface area contributed by atoms with E-state index in [1.165, 1.54) is 17.0 Å². The number of halogens is 5. The van der Waals surface area contributed by atoms with Gasteiger partial charge in [0.2, 0.25) is 5.96 Å². The highest BCUT2D eigenvalue weighted by molar-refractivity contribution is 6.18. The molecule has 0 saturated heterocycles. The van der Waals surface area contributed by atoms with Crippen molar-refractivity contribution < 1.29 is 26.7 Å². The standard InChI is InChI=1S/C25H21F5N6O/c1-2-34-22(37)19-21(36-13-24(8-3-9-24)33-23(34)36)35(12-15-4-6-16(26)10-17(15)27)20(32-19)14-5-7-18(31-11-14)25(28,29)30/h4-7,10-11H,2-3,8-9,12-13H2,1H3. The Morgan fingerprint density at radius 2 is 1.89 bits per heavy atom. The summed E-state index contributed by atoms with van der Waals surface area (Å²) in [5.74, 6) is -0.912. The number of pyridine rings is 1. The van der Waals surface area contributed by atoms with Crippen LogP contribution in [0.3, 0.4) is 0 Å². The van der Waals surface area contributed by atoms with Crippen LogP contribution in [0.1, 0.15) is 47.9 Å². The molecule has 12 heteroatoms. The first-order valence-electron chi connectivity index (χ1n) is 11.9. The Hall–Kier alpha value is -3.83. The first kappa shape index (κ1) is 23.6. The van der Waals surface area contributed by atoms with Gasteiger partial charge in [0.1, 0.15) is 29.0 Å². The quantitative estimate of drug-likeness (QED) is 0.465. The van der Waals surface area contributed by atoms with Gasteiger partial charge in [-0.1, -0.05) is 6.07 Å². The summed E-state index contributed by atoms with van der Waals surface area (Å²) in [6.07, 6.45) is -0.850. The lowest BCUT2D eigenvalue weighted by atomic mass is 9.78. The second-order valence-corrected chi connectivity index (χ2v) is 9.48. The summed E-state index contributed by atoms with van der Waals surface area (Å²) in [6, 6.07) is 5.22. The third kappa shape index (κ3) is 3.68. The Balaban J connectivity index is 1.54. The molecule has 7 nitrogen and oxygen atoms in total. The van der Waals surface area contributed by atoms with Gasteiger partial charge in [0.25, 0.3) is 5.91 Å². The molecule has 1 aromatic carbocycles. The van der Waals surface area contributed by atoms with Gasteiger partial charge < -0.3 is 4.57 Å². The van der Waals surface area contributed by atoms with E-state index in [0.29, 0.717) is 24.9 Å². The average Bonchev–Trinajstić information content (AvgIpc) is 3.41. The number of benzene rings is 1. The number of anilines is 1. The number of rotatable bonds is 4. The average molecular weight is 516 g/mol. The molecular weight excluding hydrogens is 495 g/mol. The first-order valence-corrected chi connectivity index (χ1v) is 11.9. The van der Waals surface area contributed by atoms with Crippen molar-refractivity contribution in [3.63, 3.8) is 0 Å². The van der Waals surface area contributed by atoms with E-state index in [1.54, 1.807) is 4.57 Å². The summed E-state index contributed by atoms with van der Waals surface area (Å²) in [7, 11) is 0. The zero-order valence-electron chi connectivity index (χ0n) is 19.7. The summed E-state index contributed by atoms with van der Waals surface area (Å²) in [4.78, 5) is 29.9. The van der Waals surface area contributed by atoms with Crippen molar-refractivity contribution in [2.45, 2.75) is 44.4 Å². The van der Waals surface area contributed by atoms with Crippen LogP contribution < -0.4 is 4.90 Å². The van der Waals surface area contributed by atoms with Crippen LogP contribution in [0.2, 0.25) is 0 Å². The lowest BCUT2D eigenvalue weighted by Crippen LogP contribution is -2.51. The summed E-state index contributed by atoms with van der Waals surface area (Å²) in [5, 5.41) is 0. The van der Waals surface area contributed by atoms with Gasteiger partial charge in [-0.05, 0) is 44.4 Å². The number of alkyl halides is 3. The van der Waals surface area contributed by atoms with E-state index in [0.717, 1.165) is 43.7 Å². The van der Waals surface area contributed by atoms with Gasteiger partial charge in [0, 0.05) is 29.9 Å². The molecule has 2 aromatic heterocycles. The Bertz CT molecular complexity index is 1440. The van der Waals surface area contributed by atoms with Crippen molar-refractivity contribution in [2.75, 3.05) is 18.0 Å². The molecule has 1 aliphatic carbocycles. The third-order valence-corrected chi connectivity index (χ3v) is 7.17. The Morgan fingerprint density at radius 1 is 1.11 bits per heavy atom. The molecule has 37 heavy (non-hydrogen) atoms. The Morgan fingerprint density at radius 3 is 2.49 bits per heavy atom. The van der Waals surface area contributed by atoms with Crippen molar-refractivity contribution >= 4 is 17.7 Å². The zero-order chi connectivity index (χ0) is 26.1. The smallest absolute Gasteiger partial charge is 0.305 e. The van der Waals surface area contributed by atoms with Gasteiger partial charge in [0.15, 0.2) is 5.69 Å². The van der Waals surface area contributed by atoms with E-state index in [1.807, 2.05) is 11.8 Å². The zero-order valence-corrected chi connectivity index (χ0v) is 19.7. The second-order valence-electron chi connectivity index (χ2n) is 9.48. The molecule has 0 bridgehead atoms. The van der Waals surface area contributed by atoms with Crippen LogP contribution in [0.5, 0.6) is 0 Å². The maximum atomic E-state index is 14.7. The fourth-order valence-electron chi connectivity index (χ4n) is 5.15. The molecule has 0 atom stereocenters. The number of hydrogen-bond donors (Lipinski definition) is 0. The summed E-state index contributed by atoms with van der Waals surface area (Å²) in [6.45, 7) is 2.53. The van der Waals surface area contributed by atoms with Gasteiger partial charge in [0.05, 0.1) is 18.6 Å². The van der Waals surface area contributed by atoms with E-state index in [2.05, 4.69) is 9.97 Å². The van der Waals surface area contributed by atoms with Crippen molar-refractivity contribution in [3.8, 4) is 11.4 Å². The molecule has 3 aliphatic rings. The van der Waals surface area contributed by atoms with E-state index < -0.39 is 29.4 Å². The topological polar surface area (TPSA) is 66.6 Å². The minimum Gasteiger partial charge on any atom is -0.305 e. The van der Waals surface area contributed by atoms with Crippen molar-refractivity contribution in [2.24, 2.45) is 4.99 Å². The highest BCUT2D eigenvalue weighted by Crippen LogP contribution is 2.45. The molecule has 0 radical (unpaired) electrons. The molecule has 1 amide bonds. The number of amides is 1. The van der Waals surface area contributed by atoms with Gasteiger partial charge >= 0.3 is 6.18 Å². The van der Waals surface area contributed by atoms with Gasteiger partial charge in [-0.25, -0.2) is 18.8 Å². The predicted molar refractivity (Wildman–Crippen MR) is 124 cm³/mol. The Labute approximate surface area is 208 Å². The number of guanidine groups is 1. The molecule has 192 valence electrons. The van der Waals surface area contributed by atoms with Gasteiger partial charge in [-0.15, -0.1) is 0 Å². The van der Waals surface area contributed by atoms with Crippen molar-refractivity contribution in [3.05, 3.63) is 65.1 Å². The minimum absolute atomic E-state index is 0.0922. The molecule has 0 N–H and O–H groups in total. The molecule has 0 unspecified atom stereocenters. The fraction of sp³-hybridized carbons (Fsp3) is 0.360. The Kier molecular flexibility index (Phi) is 5.15. The van der Waals surface area contributed by atoms with Crippen molar-refractivity contribution in [1.29, 1.82) is 0 Å². The second kappa shape index (κ2) is 8.09. The predicted octanol–water partition coefficient (Wildman–Crippen LogP) is 4.86. The minimum atomic E-state index is -4.62. The monoisotopic (exact) mass is 516 g/mol. The molecule has 2 aliphatic heterocycles. The number of imidazole rings is 1. The third-order valence-electron chi connectivity index (χ3n) is 7.17. The maximum Gasteiger partial charge on any atom is 0.433 e. The summed E-state index contributed by atoms with van der Waals surface area (Å²) in [5.41, 5.74) is -0.954. The lowest BCUT2D eigenvalue weighted by molar-refractivity contribution is -0.141. The fourth-order valence-corrected chi connectivity index (χ4v) is 5.15. The van der Waals surface area contributed by atoms with E-state index in [-0.39, 0.29) is 34.7 Å². The molecular formula is C25H21F5N6O. The molecule has 6 rings (SSSR count). The highest BCUT2D eigenvalue weighted by atomic mass is 19.4. The van der Waals surface area contributed by atoms with Crippen LogP contribution >= 0.6 is 0 Å². The number of nitrogens with zero attached hydrogens (tertiary/aromatic N) is 6. The molecule has 1 spiro atoms. The van der Waals surface area contributed by atoms with Crippen molar-refractivity contribution in [1.82, 2.24) is 19.4 Å².